The van der Waals surface area contributed by atoms with E-state index in [1.807, 2.05) is 36.4 Å². The minimum Gasteiger partial charge on any atom is -0.775 e. The fourth-order valence-electron chi connectivity index (χ4n) is 1.55. The largest absolute Gasteiger partial charge is 0.775 e. The zero-order valence-corrected chi connectivity index (χ0v) is 10.1. The molecule has 0 aliphatic rings. The maximum Gasteiger partial charge on any atom is 0.347 e. The molecule has 6 nitrogen and oxygen atoms in total. The Bertz CT molecular complexity index is 602. The van der Waals surface area contributed by atoms with Crippen LogP contribution in [-0.2, 0) is 6.54 Å². The van der Waals surface area contributed by atoms with Crippen molar-refractivity contribution in [3.05, 3.63) is 59.5 Å². The van der Waals surface area contributed by atoms with Crippen LogP contribution in [0.4, 0.5) is 5.88 Å². The highest BCUT2D eigenvalue weighted by Gasteiger charge is 2.20. The van der Waals surface area contributed by atoms with E-state index in [9.17, 15) is 5.21 Å². The van der Waals surface area contributed by atoms with E-state index in [0.717, 1.165) is 5.56 Å². The summed E-state index contributed by atoms with van der Waals surface area (Å²) in [6.45, 7) is 4.08. The molecule has 1 heterocycles. The van der Waals surface area contributed by atoms with Crippen LogP contribution in [0.15, 0.2) is 57.9 Å². The number of hydrogen-bond acceptors (Lipinski definition) is 5. The van der Waals surface area contributed by atoms with Gasteiger partial charge in [-0.3, -0.25) is 4.52 Å². The summed E-state index contributed by atoms with van der Waals surface area (Å²) in [6, 6.07) is 9.71. The molecule has 6 heteroatoms. The summed E-state index contributed by atoms with van der Waals surface area (Å²) < 4.78 is 6.47. The standard InChI is InChI=1S/C13H12N4O2/c1-2-10-17-12(13(14-15-18)19-16-17)9-8-11-6-4-3-5-7-11/h2-9H,1,10H2/b9-8+. The number of allylic oxidation sites excluding steroid dienone is 1. The third kappa shape index (κ3) is 3.12. The first kappa shape index (κ1) is 12.7. The van der Waals surface area contributed by atoms with Crippen LogP contribution in [0.2, 0.25) is 0 Å². The lowest BCUT2D eigenvalue weighted by molar-refractivity contribution is -0.754. The van der Waals surface area contributed by atoms with Crippen molar-refractivity contribution in [2.24, 2.45) is 10.4 Å². The van der Waals surface area contributed by atoms with Crippen LogP contribution in [0.3, 0.4) is 0 Å². The second-order valence-corrected chi connectivity index (χ2v) is 3.66. The van der Waals surface area contributed by atoms with Gasteiger partial charge >= 0.3 is 11.6 Å². The van der Waals surface area contributed by atoms with E-state index >= 15 is 0 Å². The lowest BCUT2D eigenvalue weighted by Gasteiger charge is -1.90. The van der Waals surface area contributed by atoms with Gasteiger partial charge in [0.25, 0.3) is 0 Å². The van der Waals surface area contributed by atoms with Gasteiger partial charge in [-0.2, -0.15) is 0 Å². The average molecular weight is 256 g/mol. The van der Waals surface area contributed by atoms with E-state index in [4.69, 9.17) is 4.52 Å². The summed E-state index contributed by atoms with van der Waals surface area (Å²) in [7, 11) is 0. The summed E-state index contributed by atoms with van der Waals surface area (Å²) in [4.78, 5) is 0. The lowest BCUT2D eigenvalue weighted by atomic mass is 10.2. The molecule has 0 atom stereocenters. The van der Waals surface area contributed by atoms with Crippen LogP contribution in [0.25, 0.3) is 12.2 Å². The molecule has 96 valence electrons. The number of rotatable bonds is 5. The predicted molar refractivity (Wildman–Crippen MR) is 70.1 cm³/mol. The average Bonchev–Trinajstić information content (AvgIpc) is 2.81. The topological polar surface area (TPSA) is 77.7 Å². The normalized spacial score (nSPS) is 11.4. The maximum absolute atomic E-state index is 10.2. The molecule has 0 amide bonds. The summed E-state index contributed by atoms with van der Waals surface area (Å²) in [6.07, 6.45) is 5.30. The minimum atomic E-state index is 0.0732. The van der Waals surface area contributed by atoms with Gasteiger partial charge in [-0.05, 0) is 22.4 Å². The summed E-state index contributed by atoms with van der Waals surface area (Å²) in [5.41, 5.74) is 1.57. The second kappa shape index (κ2) is 6.25. The molecule has 2 aromatic rings. The summed E-state index contributed by atoms with van der Waals surface area (Å²) in [5.74, 6) is 0.0732. The second-order valence-electron chi connectivity index (χ2n) is 3.66. The van der Waals surface area contributed by atoms with Gasteiger partial charge < -0.3 is 5.21 Å². The van der Waals surface area contributed by atoms with Gasteiger partial charge in [0, 0.05) is 6.08 Å². The Labute approximate surface area is 109 Å². The van der Waals surface area contributed by atoms with Gasteiger partial charge in [0.15, 0.2) is 6.54 Å². The summed E-state index contributed by atoms with van der Waals surface area (Å²) >= 11 is 0. The van der Waals surface area contributed by atoms with Gasteiger partial charge in [-0.1, -0.05) is 36.9 Å². The number of benzene rings is 1. The van der Waals surface area contributed by atoms with Crippen LogP contribution in [0, 0.1) is 5.21 Å². The van der Waals surface area contributed by atoms with Crippen LogP contribution in [0.5, 0.6) is 0 Å². The van der Waals surface area contributed by atoms with Crippen molar-refractivity contribution >= 4 is 18.0 Å². The van der Waals surface area contributed by atoms with Crippen molar-refractivity contribution in [3.63, 3.8) is 0 Å². The van der Waals surface area contributed by atoms with Crippen molar-refractivity contribution in [3.8, 4) is 0 Å². The number of aromatic nitrogens is 2. The molecule has 0 radical (unpaired) electrons. The minimum absolute atomic E-state index is 0.0732. The van der Waals surface area contributed by atoms with Crippen molar-refractivity contribution in [2.75, 3.05) is 0 Å². The molecule has 0 unspecified atom stereocenters. The highest BCUT2D eigenvalue weighted by molar-refractivity contribution is 5.69. The monoisotopic (exact) mass is 256 g/mol. The quantitative estimate of drug-likeness (QED) is 0.357. The van der Waals surface area contributed by atoms with Gasteiger partial charge in [0.05, 0.1) is 0 Å². The van der Waals surface area contributed by atoms with Gasteiger partial charge in [-0.15, -0.1) is 5.11 Å². The number of nitrogens with zero attached hydrogens (tertiary/aromatic N) is 4. The molecule has 2 rings (SSSR count). The van der Waals surface area contributed by atoms with Crippen molar-refractivity contribution in [2.45, 2.75) is 6.54 Å². The third-order valence-corrected chi connectivity index (χ3v) is 2.39. The zero-order valence-electron chi connectivity index (χ0n) is 10.1. The Balaban J connectivity index is 2.34. The Morgan fingerprint density at radius 2 is 2.11 bits per heavy atom. The molecule has 0 saturated carbocycles. The molecule has 0 fully saturated rings. The van der Waals surface area contributed by atoms with E-state index in [0.29, 0.717) is 12.2 Å². The number of hydrogen-bond donors (Lipinski definition) is 0. The smallest absolute Gasteiger partial charge is 0.347 e. The van der Waals surface area contributed by atoms with E-state index in [-0.39, 0.29) is 5.88 Å². The Morgan fingerprint density at radius 1 is 1.32 bits per heavy atom. The lowest BCUT2D eigenvalue weighted by Crippen LogP contribution is -2.37. The summed E-state index contributed by atoms with van der Waals surface area (Å²) in [5, 5.41) is 19.8. The molecule has 0 spiro atoms. The molecular weight excluding hydrogens is 244 g/mol. The SMILES string of the molecule is C=CC[n+]1noc(/N=N/[O-])c1/C=C/c1ccccc1. The predicted octanol–water partition coefficient (Wildman–Crippen LogP) is 2.90. The first-order chi connectivity index (χ1) is 9.35. The van der Waals surface area contributed by atoms with E-state index < -0.39 is 0 Å². The van der Waals surface area contributed by atoms with Crippen LogP contribution in [-0.4, -0.2) is 5.27 Å². The van der Waals surface area contributed by atoms with Crippen LogP contribution >= 0.6 is 0 Å². The Morgan fingerprint density at radius 3 is 2.79 bits per heavy atom. The van der Waals surface area contributed by atoms with Crippen molar-refractivity contribution < 1.29 is 9.20 Å². The van der Waals surface area contributed by atoms with Gasteiger partial charge in [-0.25, -0.2) is 5.28 Å². The van der Waals surface area contributed by atoms with Gasteiger partial charge in [0.1, 0.15) is 0 Å². The first-order valence-corrected chi connectivity index (χ1v) is 5.62. The Hall–Kier alpha value is -2.76. The first-order valence-electron chi connectivity index (χ1n) is 5.62. The third-order valence-electron chi connectivity index (χ3n) is 2.39. The molecule has 0 N–H and O–H groups in total. The Kier molecular flexibility index (Phi) is 4.17. The molecule has 1 aromatic heterocycles. The molecule has 0 aliphatic carbocycles. The van der Waals surface area contributed by atoms with Crippen molar-refractivity contribution in [1.82, 2.24) is 5.27 Å². The maximum atomic E-state index is 10.2. The highest BCUT2D eigenvalue weighted by Crippen LogP contribution is 2.17. The molecule has 1 aromatic carbocycles. The molecule has 0 saturated heterocycles. The molecule has 0 bridgehead atoms. The van der Waals surface area contributed by atoms with Gasteiger partial charge in [0.2, 0.25) is 5.27 Å². The zero-order chi connectivity index (χ0) is 13.5. The van der Waals surface area contributed by atoms with Crippen molar-refractivity contribution in [1.29, 1.82) is 0 Å². The highest BCUT2D eigenvalue weighted by atomic mass is 16.5. The van der Waals surface area contributed by atoms with E-state index in [2.05, 4.69) is 22.2 Å². The molecular formula is C13H12N4O2. The van der Waals surface area contributed by atoms with E-state index in [1.54, 1.807) is 12.2 Å². The fourth-order valence-corrected chi connectivity index (χ4v) is 1.55. The molecule has 0 aliphatic heterocycles. The molecule has 19 heavy (non-hydrogen) atoms. The fraction of sp³-hybridized carbons (Fsp3) is 0.0769. The van der Waals surface area contributed by atoms with Crippen LogP contribution in [0.1, 0.15) is 11.3 Å². The van der Waals surface area contributed by atoms with Crippen LogP contribution < -0.4 is 4.68 Å². The van der Waals surface area contributed by atoms with E-state index in [1.165, 1.54) is 4.68 Å².